The van der Waals surface area contributed by atoms with Crippen molar-refractivity contribution in [3.8, 4) is 5.75 Å². The number of carbonyl (C=O) groups is 1. The summed E-state index contributed by atoms with van der Waals surface area (Å²) < 4.78 is 36.6. The van der Waals surface area contributed by atoms with E-state index in [4.69, 9.17) is 16.1 Å². The number of benzene rings is 1. The van der Waals surface area contributed by atoms with Gasteiger partial charge in [-0.25, -0.2) is 0 Å². The molecule has 29 heavy (non-hydrogen) atoms. The molecule has 1 amide bonds. The van der Waals surface area contributed by atoms with Crippen molar-refractivity contribution in [2.45, 2.75) is 40.9 Å². The Kier molecular flexibility index (Phi) is 5.88. The number of amides is 1. The molecule has 3 rings (SSSR count). The first kappa shape index (κ1) is 20.8. The molecule has 2 aromatic heterocycles. The fourth-order valence-corrected chi connectivity index (χ4v) is 2.99. The average Bonchev–Trinajstić information content (AvgIpc) is 3.12. The molecular weight excluding hydrogens is 406 g/mol. The van der Waals surface area contributed by atoms with E-state index in [-0.39, 0.29) is 23.7 Å². The molecule has 0 spiro atoms. The van der Waals surface area contributed by atoms with Gasteiger partial charge in [0.1, 0.15) is 11.5 Å². The zero-order valence-corrected chi connectivity index (χ0v) is 17.0. The van der Waals surface area contributed by atoms with Gasteiger partial charge in [0.15, 0.2) is 5.69 Å². The van der Waals surface area contributed by atoms with Crippen LogP contribution in [0.15, 0.2) is 22.7 Å². The number of ether oxygens (including phenoxy) is 1. The van der Waals surface area contributed by atoms with Crippen LogP contribution < -0.4 is 10.1 Å². The number of rotatable bonds is 6. The molecule has 1 N–H and O–H groups in total. The predicted molar refractivity (Wildman–Crippen MR) is 103 cm³/mol. The van der Waals surface area contributed by atoms with Gasteiger partial charge in [-0.1, -0.05) is 22.8 Å². The van der Waals surface area contributed by atoms with Crippen LogP contribution in [-0.2, 0) is 6.54 Å². The van der Waals surface area contributed by atoms with Crippen LogP contribution in [-0.4, -0.2) is 27.5 Å². The minimum absolute atomic E-state index is 0.0238. The molecule has 1 aromatic carbocycles. The van der Waals surface area contributed by atoms with Gasteiger partial charge in [0.05, 0.1) is 28.6 Å². The van der Waals surface area contributed by atoms with Gasteiger partial charge in [0, 0.05) is 5.56 Å². The van der Waals surface area contributed by atoms with Gasteiger partial charge in [-0.2, -0.15) is 13.9 Å². The van der Waals surface area contributed by atoms with Gasteiger partial charge in [0.2, 0.25) is 0 Å². The van der Waals surface area contributed by atoms with Crippen LogP contribution in [0.3, 0.4) is 0 Å². The number of aromatic nitrogens is 3. The molecule has 154 valence electrons. The van der Waals surface area contributed by atoms with E-state index in [2.05, 4.69) is 20.3 Å². The van der Waals surface area contributed by atoms with Gasteiger partial charge in [0.25, 0.3) is 5.91 Å². The quantitative estimate of drug-likeness (QED) is 0.622. The van der Waals surface area contributed by atoms with Gasteiger partial charge in [-0.3, -0.25) is 9.48 Å². The largest absolute Gasteiger partial charge is 0.433 e. The summed E-state index contributed by atoms with van der Waals surface area (Å²) in [5.74, 6) is -0.327. The SMILES string of the molecule is Cc1ccc(OC(F)F)c(NC(=O)c2noc(C)c2Cn2nc(C)c(Cl)c2C)c1. The number of hydrogen-bond acceptors (Lipinski definition) is 5. The van der Waals surface area contributed by atoms with Crippen LogP contribution >= 0.6 is 11.6 Å². The smallest absolute Gasteiger partial charge is 0.387 e. The lowest BCUT2D eigenvalue weighted by Gasteiger charge is -2.12. The summed E-state index contributed by atoms with van der Waals surface area (Å²) >= 11 is 6.18. The first-order valence-corrected chi connectivity index (χ1v) is 9.06. The average molecular weight is 425 g/mol. The molecule has 0 atom stereocenters. The second kappa shape index (κ2) is 8.20. The third-order valence-corrected chi connectivity index (χ3v) is 4.95. The van der Waals surface area contributed by atoms with E-state index < -0.39 is 12.5 Å². The molecule has 10 heteroatoms. The van der Waals surface area contributed by atoms with Crippen molar-refractivity contribution in [3.63, 3.8) is 0 Å². The van der Waals surface area contributed by atoms with Gasteiger partial charge in [-0.15, -0.1) is 0 Å². The minimum atomic E-state index is -3.02. The van der Waals surface area contributed by atoms with E-state index in [0.717, 1.165) is 11.3 Å². The highest BCUT2D eigenvalue weighted by Gasteiger charge is 2.23. The number of hydrogen-bond donors (Lipinski definition) is 1. The maximum atomic E-state index is 12.8. The third-order valence-electron chi connectivity index (χ3n) is 4.40. The van der Waals surface area contributed by atoms with Crippen molar-refractivity contribution >= 4 is 23.2 Å². The van der Waals surface area contributed by atoms with Crippen LogP contribution in [0, 0.1) is 27.7 Å². The lowest BCUT2D eigenvalue weighted by molar-refractivity contribution is -0.0493. The maximum Gasteiger partial charge on any atom is 0.387 e. The van der Waals surface area contributed by atoms with Crippen molar-refractivity contribution in [2.75, 3.05) is 5.32 Å². The molecule has 3 aromatic rings. The van der Waals surface area contributed by atoms with Crippen LogP contribution in [0.4, 0.5) is 14.5 Å². The Balaban J connectivity index is 1.90. The summed E-state index contributed by atoms with van der Waals surface area (Å²) in [6, 6.07) is 4.50. The van der Waals surface area contributed by atoms with Crippen molar-refractivity contribution in [3.05, 3.63) is 57.2 Å². The molecule has 0 saturated carbocycles. The Hall–Kier alpha value is -2.94. The topological polar surface area (TPSA) is 82.2 Å². The van der Waals surface area contributed by atoms with Crippen LogP contribution in [0.25, 0.3) is 0 Å². The van der Waals surface area contributed by atoms with Gasteiger partial charge in [-0.05, 0) is 45.4 Å². The number of alkyl halides is 2. The Bertz CT molecular complexity index is 1060. The highest BCUT2D eigenvalue weighted by molar-refractivity contribution is 6.31. The molecule has 0 saturated heterocycles. The molecular formula is C19H19ClF2N4O3. The monoisotopic (exact) mass is 424 g/mol. The minimum Gasteiger partial charge on any atom is -0.433 e. The lowest BCUT2D eigenvalue weighted by atomic mass is 10.1. The standard InChI is InChI=1S/C19H19ClF2N4O3/c1-9-5-6-15(28-19(21)22)14(7-9)23-18(27)17-13(12(4)29-25-17)8-26-11(3)16(20)10(2)24-26/h5-7,19H,8H2,1-4H3,(H,23,27). The number of carbonyl (C=O) groups excluding carboxylic acids is 1. The first-order valence-electron chi connectivity index (χ1n) is 8.68. The third kappa shape index (κ3) is 4.40. The summed E-state index contributed by atoms with van der Waals surface area (Å²) in [7, 11) is 0. The number of halogens is 3. The number of aryl methyl sites for hydroxylation is 3. The highest BCUT2D eigenvalue weighted by atomic mass is 35.5. The maximum absolute atomic E-state index is 12.8. The predicted octanol–water partition coefficient (Wildman–Crippen LogP) is 4.66. The lowest BCUT2D eigenvalue weighted by Crippen LogP contribution is -2.17. The molecule has 0 radical (unpaired) electrons. The van der Waals surface area contributed by atoms with Crippen molar-refractivity contribution in [2.24, 2.45) is 0 Å². The Labute approximate surface area is 170 Å². The van der Waals surface area contributed by atoms with E-state index in [9.17, 15) is 13.6 Å². The van der Waals surface area contributed by atoms with E-state index in [1.165, 1.54) is 12.1 Å². The number of anilines is 1. The van der Waals surface area contributed by atoms with Crippen molar-refractivity contribution in [1.82, 2.24) is 14.9 Å². The second-order valence-electron chi connectivity index (χ2n) is 6.54. The molecule has 0 aliphatic rings. The molecule has 0 fully saturated rings. The fourth-order valence-electron chi connectivity index (χ4n) is 2.86. The zero-order valence-electron chi connectivity index (χ0n) is 16.2. The zero-order chi connectivity index (χ0) is 21.3. The summed E-state index contributed by atoms with van der Waals surface area (Å²) in [6.07, 6.45) is 0. The summed E-state index contributed by atoms with van der Waals surface area (Å²) in [6.45, 7) is 4.22. The van der Waals surface area contributed by atoms with Crippen molar-refractivity contribution in [1.29, 1.82) is 0 Å². The van der Waals surface area contributed by atoms with E-state index in [1.54, 1.807) is 31.5 Å². The number of nitrogens with zero attached hydrogens (tertiary/aromatic N) is 3. The summed E-state index contributed by atoms with van der Waals surface area (Å²) in [5.41, 5.74) is 2.80. The highest BCUT2D eigenvalue weighted by Crippen LogP contribution is 2.28. The fraction of sp³-hybridized carbons (Fsp3) is 0.316. The van der Waals surface area contributed by atoms with Crippen LogP contribution in [0.5, 0.6) is 5.75 Å². The normalized spacial score (nSPS) is 11.2. The Morgan fingerprint density at radius 3 is 2.66 bits per heavy atom. The van der Waals surface area contributed by atoms with E-state index in [0.29, 0.717) is 22.0 Å². The first-order chi connectivity index (χ1) is 13.7. The Morgan fingerprint density at radius 1 is 1.31 bits per heavy atom. The molecule has 0 aliphatic heterocycles. The molecule has 2 heterocycles. The second-order valence-corrected chi connectivity index (χ2v) is 6.92. The van der Waals surface area contributed by atoms with Gasteiger partial charge >= 0.3 is 6.61 Å². The number of nitrogens with one attached hydrogen (secondary N) is 1. The molecule has 0 bridgehead atoms. The summed E-state index contributed by atoms with van der Waals surface area (Å²) in [5, 5.41) is 11.3. The van der Waals surface area contributed by atoms with E-state index in [1.807, 2.05) is 6.92 Å². The summed E-state index contributed by atoms with van der Waals surface area (Å²) in [4.78, 5) is 12.8. The van der Waals surface area contributed by atoms with Crippen LogP contribution in [0.1, 0.15) is 38.8 Å². The molecule has 0 aliphatic carbocycles. The molecule has 0 unspecified atom stereocenters. The Morgan fingerprint density at radius 2 is 2.03 bits per heavy atom. The molecule has 7 nitrogen and oxygen atoms in total. The van der Waals surface area contributed by atoms with Gasteiger partial charge < -0.3 is 14.6 Å². The van der Waals surface area contributed by atoms with Crippen LogP contribution in [0.2, 0.25) is 5.02 Å². The van der Waals surface area contributed by atoms with Crippen molar-refractivity contribution < 1.29 is 22.8 Å². The van der Waals surface area contributed by atoms with E-state index >= 15 is 0 Å².